The Labute approximate surface area is 154 Å². The zero-order valence-corrected chi connectivity index (χ0v) is 14.6. The molecular formula is C21H22ClNO2. The average molecular weight is 356 g/mol. The Balaban J connectivity index is 0.00000225. The van der Waals surface area contributed by atoms with Gasteiger partial charge < -0.3 is 15.5 Å². The number of aliphatic hydroxyl groups is 1. The summed E-state index contributed by atoms with van der Waals surface area (Å²) >= 11 is 0. The summed E-state index contributed by atoms with van der Waals surface area (Å²) < 4.78 is 0. The molecule has 130 valence electrons. The third-order valence-electron chi connectivity index (χ3n) is 3.98. The summed E-state index contributed by atoms with van der Waals surface area (Å²) in [7, 11) is 0. The van der Waals surface area contributed by atoms with Gasteiger partial charge in [0.2, 0.25) is 0 Å². The third-order valence-corrected chi connectivity index (χ3v) is 3.98. The van der Waals surface area contributed by atoms with Gasteiger partial charge in [-0.3, -0.25) is 0 Å². The van der Waals surface area contributed by atoms with Crippen molar-refractivity contribution in [2.24, 2.45) is 0 Å². The van der Waals surface area contributed by atoms with Gasteiger partial charge in [0.1, 0.15) is 5.75 Å². The molecule has 0 aliphatic carbocycles. The smallest absolute Gasteiger partial charge is 0.115 e. The second-order valence-electron chi connectivity index (χ2n) is 5.80. The molecule has 0 spiro atoms. The summed E-state index contributed by atoms with van der Waals surface area (Å²) in [6.45, 7) is 1.12. The third kappa shape index (κ3) is 5.33. The molecular weight excluding hydrogens is 334 g/mol. The lowest BCUT2D eigenvalue weighted by atomic mass is 10.0. The first-order valence-electron chi connectivity index (χ1n) is 8.04. The zero-order chi connectivity index (χ0) is 16.8. The first kappa shape index (κ1) is 19.0. The van der Waals surface area contributed by atoms with E-state index in [9.17, 15) is 10.2 Å². The first-order chi connectivity index (χ1) is 11.7. The lowest BCUT2D eigenvalue weighted by Gasteiger charge is -2.13. The van der Waals surface area contributed by atoms with E-state index in [0.717, 1.165) is 5.56 Å². The molecule has 0 aromatic heterocycles. The Kier molecular flexibility index (Phi) is 7.02. The zero-order valence-electron chi connectivity index (χ0n) is 13.8. The number of phenolic OH excluding ortho intramolecular Hbond substituents is 1. The second kappa shape index (κ2) is 9.23. The van der Waals surface area contributed by atoms with Crippen molar-refractivity contribution in [1.29, 1.82) is 0 Å². The number of aliphatic hydroxyl groups excluding tert-OH is 1. The van der Waals surface area contributed by atoms with E-state index in [4.69, 9.17) is 0 Å². The van der Waals surface area contributed by atoms with Crippen molar-refractivity contribution in [3.63, 3.8) is 0 Å². The van der Waals surface area contributed by atoms with Crippen LogP contribution in [0.1, 0.15) is 17.2 Å². The van der Waals surface area contributed by atoms with Crippen LogP contribution >= 0.6 is 12.4 Å². The van der Waals surface area contributed by atoms with Crippen molar-refractivity contribution in [2.75, 3.05) is 6.54 Å². The molecule has 0 saturated carbocycles. The van der Waals surface area contributed by atoms with Crippen LogP contribution in [0.2, 0.25) is 0 Å². The second-order valence-corrected chi connectivity index (χ2v) is 5.80. The normalized spacial score (nSPS) is 11.6. The van der Waals surface area contributed by atoms with E-state index in [1.165, 1.54) is 11.1 Å². The minimum Gasteiger partial charge on any atom is -0.508 e. The maximum absolute atomic E-state index is 10.1. The lowest BCUT2D eigenvalue weighted by Crippen LogP contribution is -2.21. The highest BCUT2D eigenvalue weighted by Crippen LogP contribution is 2.20. The van der Waals surface area contributed by atoms with Crippen molar-refractivity contribution >= 4 is 12.4 Å². The summed E-state index contributed by atoms with van der Waals surface area (Å²) in [5.74, 6) is 0.169. The van der Waals surface area contributed by atoms with Crippen LogP contribution in [0.5, 0.6) is 5.75 Å². The number of benzene rings is 3. The van der Waals surface area contributed by atoms with Crippen molar-refractivity contribution in [2.45, 2.75) is 12.6 Å². The highest BCUT2D eigenvalue weighted by Gasteiger charge is 2.07. The van der Waals surface area contributed by atoms with Crippen LogP contribution in [-0.2, 0) is 6.54 Å². The van der Waals surface area contributed by atoms with Gasteiger partial charge in [0.05, 0.1) is 6.10 Å². The summed E-state index contributed by atoms with van der Waals surface area (Å²) in [6, 6.07) is 25.4. The van der Waals surface area contributed by atoms with Gasteiger partial charge in [0.15, 0.2) is 0 Å². The van der Waals surface area contributed by atoms with Gasteiger partial charge in [-0.25, -0.2) is 0 Å². The van der Waals surface area contributed by atoms with Gasteiger partial charge in [0.25, 0.3) is 0 Å². The molecule has 0 aliphatic rings. The van der Waals surface area contributed by atoms with Gasteiger partial charge in [-0.05, 0) is 34.4 Å². The fraction of sp³-hybridized carbons (Fsp3) is 0.143. The number of hydrogen-bond acceptors (Lipinski definition) is 3. The molecule has 0 amide bonds. The minimum absolute atomic E-state index is 0. The Hall–Kier alpha value is -2.33. The summed E-state index contributed by atoms with van der Waals surface area (Å²) in [5.41, 5.74) is 4.27. The standard InChI is InChI=1S/C21H21NO2.ClH/c23-20-8-4-7-19(13-20)21(24)15-22-14-16-9-11-18(12-10-16)17-5-2-1-3-6-17;/h1-13,21-24H,14-15H2;1H. The van der Waals surface area contributed by atoms with Crippen molar-refractivity contribution < 1.29 is 10.2 Å². The molecule has 0 aliphatic heterocycles. The van der Waals surface area contributed by atoms with E-state index in [1.807, 2.05) is 18.2 Å². The molecule has 3 nitrogen and oxygen atoms in total. The maximum Gasteiger partial charge on any atom is 0.115 e. The molecule has 3 N–H and O–H groups in total. The van der Waals surface area contributed by atoms with Crippen LogP contribution in [0.15, 0.2) is 78.9 Å². The maximum atomic E-state index is 10.1. The fourth-order valence-electron chi connectivity index (χ4n) is 2.65. The van der Waals surface area contributed by atoms with Crippen molar-refractivity contribution in [3.05, 3.63) is 90.0 Å². The lowest BCUT2D eigenvalue weighted by molar-refractivity contribution is 0.174. The van der Waals surface area contributed by atoms with E-state index >= 15 is 0 Å². The molecule has 0 saturated heterocycles. The number of aromatic hydroxyl groups is 1. The monoisotopic (exact) mass is 355 g/mol. The molecule has 0 heterocycles. The van der Waals surface area contributed by atoms with Gasteiger partial charge >= 0.3 is 0 Å². The average Bonchev–Trinajstić information content (AvgIpc) is 2.63. The van der Waals surface area contributed by atoms with Crippen molar-refractivity contribution in [3.8, 4) is 16.9 Å². The Morgan fingerprint density at radius 2 is 1.48 bits per heavy atom. The van der Waals surface area contributed by atoms with Crippen LogP contribution in [0, 0.1) is 0 Å². The minimum atomic E-state index is -0.638. The highest BCUT2D eigenvalue weighted by molar-refractivity contribution is 5.85. The van der Waals surface area contributed by atoms with Gasteiger partial charge in [-0.1, -0.05) is 66.7 Å². The van der Waals surface area contributed by atoms with E-state index in [-0.39, 0.29) is 18.2 Å². The van der Waals surface area contributed by atoms with Crippen LogP contribution in [0.25, 0.3) is 11.1 Å². The number of nitrogens with one attached hydrogen (secondary N) is 1. The summed E-state index contributed by atoms with van der Waals surface area (Å²) in [4.78, 5) is 0. The van der Waals surface area contributed by atoms with Gasteiger partial charge in [-0.15, -0.1) is 12.4 Å². The Morgan fingerprint density at radius 3 is 2.16 bits per heavy atom. The topological polar surface area (TPSA) is 52.5 Å². The number of phenols is 1. The summed E-state index contributed by atoms with van der Waals surface area (Å²) in [5, 5.41) is 22.8. The van der Waals surface area contributed by atoms with E-state index in [0.29, 0.717) is 18.7 Å². The molecule has 3 aromatic carbocycles. The largest absolute Gasteiger partial charge is 0.508 e. The van der Waals surface area contributed by atoms with E-state index < -0.39 is 6.10 Å². The predicted molar refractivity (Wildman–Crippen MR) is 104 cm³/mol. The molecule has 0 fully saturated rings. The van der Waals surface area contributed by atoms with E-state index in [2.05, 4.69) is 41.7 Å². The number of rotatable bonds is 6. The molecule has 1 unspecified atom stereocenters. The molecule has 0 radical (unpaired) electrons. The summed E-state index contributed by atoms with van der Waals surface area (Å²) in [6.07, 6.45) is -0.638. The molecule has 3 rings (SSSR count). The number of hydrogen-bond donors (Lipinski definition) is 3. The first-order valence-corrected chi connectivity index (χ1v) is 8.04. The molecule has 0 bridgehead atoms. The van der Waals surface area contributed by atoms with Gasteiger partial charge in [-0.2, -0.15) is 0 Å². The fourth-order valence-corrected chi connectivity index (χ4v) is 2.65. The quantitative estimate of drug-likeness (QED) is 0.617. The van der Waals surface area contributed by atoms with Crippen LogP contribution in [0.4, 0.5) is 0 Å². The molecule has 1 atom stereocenters. The predicted octanol–water partition coefficient (Wildman–Crippen LogP) is 4.30. The Bertz CT molecular complexity index is 775. The van der Waals surface area contributed by atoms with Crippen molar-refractivity contribution in [1.82, 2.24) is 5.32 Å². The SMILES string of the molecule is Cl.Oc1cccc(C(O)CNCc2ccc(-c3ccccc3)cc2)c1. The molecule has 3 aromatic rings. The highest BCUT2D eigenvalue weighted by atomic mass is 35.5. The van der Waals surface area contributed by atoms with E-state index in [1.54, 1.807) is 24.3 Å². The Morgan fingerprint density at radius 1 is 0.800 bits per heavy atom. The van der Waals surface area contributed by atoms with Crippen LogP contribution in [-0.4, -0.2) is 16.8 Å². The van der Waals surface area contributed by atoms with Gasteiger partial charge in [0, 0.05) is 13.1 Å². The molecule has 25 heavy (non-hydrogen) atoms. The molecule has 4 heteroatoms. The van der Waals surface area contributed by atoms with Crippen LogP contribution < -0.4 is 5.32 Å². The number of halogens is 1. The van der Waals surface area contributed by atoms with Crippen LogP contribution in [0.3, 0.4) is 0 Å².